The molecule has 0 bridgehead atoms. The molecule has 56 heavy (non-hydrogen) atoms. The highest BCUT2D eigenvalue weighted by Crippen LogP contribution is 2.88. The van der Waals surface area contributed by atoms with E-state index in [1.165, 1.54) is 0 Å². The number of likely N-dealkylation sites (tertiary alicyclic amines) is 2. The zero-order valence-corrected chi connectivity index (χ0v) is 35.7. The minimum Gasteiger partial charge on any atom is -0.347 e. The Morgan fingerprint density at radius 3 is 2.04 bits per heavy atom. The molecule has 0 aromatic carbocycles. The van der Waals surface area contributed by atoms with E-state index in [9.17, 15) is 24.0 Å². The van der Waals surface area contributed by atoms with Gasteiger partial charge in [0.05, 0.1) is 12.0 Å². The van der Waals surface area contributed by atoms with Gasteiger partial charge >= 0.3 is 0 Å². The lowest BCUT2D eigenvalue weighted by atomic mass is 9.73. The minimum atomic E-state index is -0.987. The number of carbonyl (C=O) groups excluding carboxylic acids is 6. The van der Waals surface area contributed by atoms with Gasteiger partial charge in [0, 0.05) is 30.6 Å². The first-order valence-corrected chi connectivity index (χ1v) is 22.2. The van der Waals surface area contributed by atoms with Crippen LogP contribution in [-0.4, -0.2) is 101 Å². The summed E-state index contributed by atoms with van der Waals surface area (Å²) in [5.41, 5.74) is -1.04. The van der Waals surface area contributed by atoms with E-state index < -0.39 is 47.2 Å². The molecule has 2 heterocycles. The monoisotopic (exact) mass is 781 g/mol. The highest BCUT2D eigenvalue weighted by molar-refractivity contribution is 6.38. The molecular weight excluding hydrogens is 709 g/mol. The molecule has 2 aliphatic heterocycles. The van der Waals surface area contributed by atoms with Gasteiger partial charge in [-0.25, -0.2) is 0 Å². The largest absolute Gasteiger partial charge is 0.347 e. The lowest BCUT2D eigenvalue weighted by Gasteiger charge is -2.39. The summed E-state index contributed by atoms with van der Waals surface area (Å²) in [6.07, 6.45) is 12.7. The first-order valence-electron chi connectivity index (χ1n) is 22.2. The van der Waals surface area contributed by atoms with Crippen molar-refractivity contribution >= 4 is 35.3 Å². The van der Waals surface area contributed by atoms with Crippen LogP contribution in [0.5, 0.6) is 0 Å². The van der Waals surface area contributed by atoms with Gasteiger partial charge < -0.3 is 31.1 Å². The van der Waals surface area contributed by atoms with E-state index in [1.807, 2.05) is 27.7 Å². The van der Waals surface area contributed by atoms with Gasteiger partial charge in [-0.1, -0.05) is 73.6 Å². The number of amides is 5. The van der Waals surface area contributed by atoms with Crippen LogP contribution in [-0.2, 0) is 28.8 Å². The molecule has 4 aliphatic carbocycles. The summed E-state index contributed by atoms with van der Waals surface area (Å²) in [5.74, 6) is -2.74. The number of Topliss-reactive ketones (excluding diaryl/α,β-unsaturated/α-hetero) is 1. The third kappa shape index (κ3) is 8.02. The normalized spacial score (nSPS) is 28.9. The second kappa shape index (κ2) is 16.3. The predicted molar refractivity (Wildman–Crippen MR) is 215 cm³/mol. The van der Waals surface area contributed by atoms with Crippen molar-refractivity contribution in [1.29, 1.82) is 0 Å². The Morgan fingerprint density at radius 1 is 0.804 bits per heavy atom. The fourth-order valence-corrected chi connectivity index (χ4v) is 11.4. The molecule has 1 unspecified atom stereocenters. The third-order valence-corrected chi connectivity index (χ3v) is 15.4. The van der Waals surface area contributed by atoms with Crippen LogP contribution in [0.3, 0.4) is 0 Å². The van der Waals surface area contributed by atoms with Gasteiger partial charge in [-0.2, -0.15) is 0 Å². The maximum atomic E-state index is 15.1. The molecule has 6 aliphatic rings. The highest BCUT2D eigenvalue weighted by Gasteiger charge is 2.85. The van der Waals surface area contributed by atoms with Crippen LogP contribution in [0.4, 0.5) is 0 Å². The van der Waals surface area contributed by atoms with E-state index in [4.69, 9.17) is 0 Å². The summed E-state index contributed by atoms with van der Waals surface area (Å²) in [7, 11) is 0. The molecule has 4 saturated carbocycles. The first-order chi connectivity index (χ1) is 26.4. The number of carbonyl (C=O) groups is 6. The lowest BCUT2D eigenvalue weighted by molar-refractivity contribution is -0.145. The van der Waals surface area contributed by atoms with Crippen molar-refractivity contribution in [2.75, 3.05) is 19.6 Å². The van der Waals surface area contributed by atoms with E-state index in [0.717, 1.165) is 83.6 Å². The molecule has 6 fully saturated rings. The average Bonchev–Trinajstić information content (AvgIpc) is 3.96. The van der Waals surface area contributed by atoms with Gasteiger partial charge in [0.15, 0.2) is 0 Å². The van der Waals surface area contributed by atoms with Gasteiger partial charge in [0.2, 0.25) is 29.4 Å². The van der Waals surface area contributed by atoms with Gasteiger partial charge in [-0.15, -0.1) is 0 Å². The number of nitrogens with one attached hydrogen (secondary N) is 4. The Balaban J connectivity index is 1.24. The molecular formula is C44H72N6O6. The smallest absolute Gasteiger partial charge is 0.289 e. The summed E-state index contributed by atoms with van der Waals surface area (Å²) >= 11 is 0. The molecule has 12 nitrogen and oxygen atoms in total. The molecule has 12 heteroatoms. The van der Waals surface area contributed by atoms with Crippen LogP contribution in [0.1, 0.15) is 152 Å². The Labute approximate surface area is 335 Å². The highest BCUT2D eigenvalue weighted by atomic mass is 16.2. The van der Waals surface area contributed by atoms with Gasteiger partial charge in [-0.3, -0.25) is 28.8 Å². The van der Waals surface area contributed by atoms with Gasteiger partial charge in [0.25, 0.3) is 5.91 Å². The zero-order valence-electron chi connectivity index (χ0n) is 35.7. The lowest BCUT2D eigenvalue weighted by Crippen LogP contribution is -2.62. The molecule has 2 spiro atoms. The number of hydrogen-bond donors (Lipinski definition) is 4. The summed E-state index contributed by atoms with van der Waals surface area (Å²) in [5, 5.41) is 12.1. The van der Waals surface area contributed by atoms with E-state index in [1.54, 1.807) is 4.90 Å². The number of nitrogens with zero attached hydrogens (tertiary/aromatic N) is 2. The van der Waals surface area contributed by atoms with Crippen molar-refractivity contribution in [2.45, 2.75) is 188 Å². The zero-order chi connectivity index (χ0) is 40.8. The number of rotatable bonds is 14. The molecule has 2 saturated heterocycles. The average molecular weight is 781 g/mol. The van der Waals surface area contributed by atoms with Crippen molar-refractivity contribution in [2.24, 2.45) is 33.5 Å². The second-order valence-corrected chi connectivity index (χ2v) is 20.4. The Bertz CT molecular complexity index is 1520. The van der Waals surface area contributed by atoms with Crippen LogP contribution in [0.15, 0.2) is 0 Å². The van der Waals surface area contributed by atoms with Crippen molar-refractivity contribution in [3.8, 4) is 0 Å². The molecule has 4 N–H and O–H groups in total. The Hall–Kier alpha value is -3.02. The maximum Gasteiger partial charge on any atom is 0.289 e. The van der Waals surface area contributed by atoms with E-state index in [-0.39, 0.29) is 51.8 Å². The summed E-state index contributed by atoms with van der Waals surface area (Å²) in [6, 6.07) is -3.22. The quantitative estimate of drug-likeness (QED) is 0.187. The van der Waals surface area contributed by atoms with E-state index >= 15 is 4.79 Å². The van der Waals surface area contributed by atoms with Crippen molar-refractivity contribution in [3.63, 3.8) is 0 Å². The SMILES string of the molecule is CCC[C@H](NC(=O)[C@@H]1C[C@@]2(CN1C(=O)C(NC(=O)[C@@H](NC(=O)[C@@H]1CCCN(C(C)C)C1)C1CCCCC1)C(C)(C)C)C(C)(C)C21CCC1)C(=O)C(=O)NC1CC1. The van der Waals surface area contributed by atoms with E-state index in [0.29, 0.717) is 38.4 Å². The molecule has 314 valence electrons. The first kappa shape index (κ1) is 42.6. The van der Waals surface area contributed by atoms with Crippen molar-refractivity contribution in [1.82, 2.24) is 31.1 Å². The summed E-state index contributed by atoms with van der Waals surface area (Å²) in [6.45, 7) is 18.5. The second-order valence-electron chi connectivity index (χ2n) is 20.4. The number of piperidine rings is 1. The fourth-order valence-electron chi connectivity index (χ4n) is 11.4. The maximum absolute atomic E-state index is 15.1. The predicted octanol–water partition coefficient (Wildman–Crippen LogP) is 4.63. The van der Waals surface area contributed by atoms with Crippen LogP contribution in [0.25, 0.3) is 0 Å². The topological polar surface area (TPSA) is 157 Å². The van der Waals surface area contributed by atoms with Crippen LogP contribution in [0.2, 0.25) is 0 Å². The van der Waals surface area contributed by atoms with Gasteiger partial charge in [0.1, 0.15) is 18.1 Å². The van der Waals surface area contributed by atoms with E-state index in [2.05, 4.69) is 53.9 Å². The molecule has 0 aromatic heterocycles. The standard InChI is InChI=1S/C44H72N6O6/c1-9-15-31(34(51)39(55)45-30-19-20-30)46-37(53)32-24-44(42(7,8)43(44)21-14-22-43)26-50(32)40(56)35(41(4,5)6)48-38(54)33(28-16-11-10-12-17-28)47-36(52)29-18-13-23-49(25-29)27(2)3/h27-33,35H,9-26H2,1-8H3,(H,45,55)(H,46,53)(H,47,52)(H,48,54)/t29-,31+,32+,33+,35?,44-/m1/s1. The third-order valence-electron chi connectivity index (χ3n) is 15.4. The Morgan fingerprint density at radius 2 is 1.48 bits per heavy atom. The Kier molecular flexibility index (Phi) is 12.4. The molecule has 6 atom stereocenters. The summed E-state index contributed by atoms with van der Waals surface area (Å²) in [4.78, 5) is 88.3. The van der Waals surface area contributed by atoms with Crippen LogP contribution in [0, 0.1) is 33.5 Å². The fraction of sp³-hybridized carbons (Fsp3) is 0.864. The van der Waals surface area contributed by atoms with Crippen molar-refractivity contribution < 1.29 is 28.8 Å². The number of hydrogen-bond acceptors (Lipinski definition) is 7. The number of fused-ring (bicyclic) bond motifs is 1. The molecule has 0 radical (unpaired) electrons. The van der Waals surface area contributed by atoms with Gasteiger partial charge in [-0.05, 0) is 107 Å². The minimum absolute atomic E-state index is 0.0149. The van der Waals surface area contributed by atoms with Crippen molar-refractivity contribution in [3.05, 3.63) is 0 Å². The molecule has 5 amide bonds. The van der Waals surface area contributed by atoms with Crippen LogP contribution >= 0.6 is 0 Å². The molecule has 6 rings (SSSR count). The molecule has 0 aromatic rings. The summed E-state index contributed by atoms with van der Waals surface area (Å²) < 4.78 is 0. The number of ketones is 1. The van der Waals surface area contributed by atoms with Crippen LogP contribution < -0.4 is 21.3 Å².